The van der Waals surface area contributed by atoms with E-state index in [2.05, 4.69) is 61.5 Å². The van der Waals surface area contributed by atoms with Gasteiger partial charge in [0.25, 0.3) is 0 Å². The summed E-state index contributed by atoms with van der Waals surface area (Å²) < 4.78 is 5.93. The average molecular weight is 268 g/mol. The van der Waals surface area contributed by atoms with Crippen molar-refractivity contribution in [1.29, 1.82) is 0 Å². The van der Waals surface area contributed by atoms with E-state index in [-0.39, 0.29) is 0 Å². The second-order valence-corrected chi connectivity index (χ2v) is 5.05. The first-order valence-corrected chi connectivity index (χ1v) is 7.67. The molecule has 0 aliphatic rings. The highest BCUT2D eigenvalue weighted by Gasteiger charge is 2.00. The Kier molecular flexibility index (Phi) is 6.16. The van der Waals surface area contributed by atoms with Crippen molar-refractivity contribution in [2.24, 2.45) is 0 Å². The number of hydrogen-bond donors (Lipinski definition) is 0. The number of ether oxygens (including phenoxy) is 1. The van der Waals surface area contributed by atoms with E-state index in [0.717, 1.165) is 25.2 Å². The van der Waals surface area contributed by atoms with Gasteiger partial charge in [-0.15, -0.1) is 0 Å². The minimum absolute atomic E-state index is 0.811. The highest BCUT2D eigenvalue weighted by Crippen LogP contribution is 2.25. The lowest BCUT2D eigenvalue weighted by Gasteiger charge is -2.09. The summed E-state index contributed by atoms with van der Waals surface area (Å²) >= 11 is 0. The van der Waals surface area contributed by atoms with Gasteiger partial charge in [0.2, 0.25) is 0 Å². The molecular weight excluding hydrogens is 244 g/mol. The molecule has 0 saturated heterocycles. The van der Waals surface area contributed by atoms with Crippen LogP contribution in [0.2, 0.25) is 0 Å². The third kappa shape index (κ3) is 4.41. The summed E-state index contributed by atoms with van der Waals surface area (Å²) in [6, 6.07) is 14.6. The minimum Gasteiger partial charge on any atom is -0.493 e. The van der Waals surface area contributed by atoms with Crippen molar-refractivity contribution in [1.82, 2.24) is 0 Å². The van der Waals surface area contributed by atoms with Crippen LogP contribution in [0.5, 0.6) is 5.75 Å². The summed E-state index contributed by atoms with van der Waals surface area (Å²) in [7, 11) is 0. The van der Waals surface area contributed by atoms with Crippen LogP contribution in [0.4, 0.5) is 0 Å². The van der Waals surface area contributed by atoms with E-state index >= 15 is 0 Å². The summed E-state index contributed by atoms with van der Waals surface area (Å²) in [6.45, 7) is 2.99. The van der Waals surface area contributed by atoms with Gasteiger partial charge in [0.05, 0.1) is 6.61 Å². The summed E-state index contributed by atoms with van der Waals surface area (Å²) in [5.74, 6) is 1.01. The molecule has 106 valence electrons. The molecule has 0 spiro atoms. The molecule has 0 N–H and O–H groups in total. The van der Waals surface area contributed by atoms with Gasteiger partial charge < -0.3 is 4.74 Å². The van der Waals surface area contributed by atoms with Gasteiger partial charge in [-0.05, 0) is 43.6 Å². The van der Waals surface area contributed by atoms with Gasteiger partial charge >= 0.3 is 0 Å². The van der Waals surface area contributed by atoms with E-state index in [0.29, 0.717) is 0 Å². The van der Waals surface area contributed by atoms with Crippen LogP contribution in [0.25, 0.3) is 10.8 Å². The molecule has 1 nitrogen and oxygen atoms in total. The fourth-order valence-corrected chi connectivity index (χ4v) is 2.33. The third-order valence-electron chi connectivity index (χ3n) is 3.42. The summed E-state index contributed by atoms with van der Waals surface area (Å²) in [4.78, 5) is 0. The molecule has 0 aromatic heterocycles. The van der Waals surface area contributed by atoms with Crippen LogP contribution in [-0.2, 0) is 0 Å². The molecule has 0 bridgehead atoms. The average Bonchev–Trinajstić information content (AvgIpc) is 2.50. The fourth-order valence-electron chi connectivity index (χ4n) is 2.33. The topological polar surface area (TPSA) is 9.23 Å². The number of fused-ring (bicyclic) bond motifs is 1. The molecule has 0 heterocycles. The SMILES string of the molecule is CCC=CCCCCCOc1cccc2ccccc12. The molecule has 2 rings (SSSR count). The number of hydrogen-bond acceptors (Lipinski definition) is 1. The van der Waals surface area contributed by atoms with Gasteiger partial charge in [0.15, 0.2) is 0 Å². The van der Waals surface area contributed by atoms with Crippen molar-refractivity contribution >= 4 is 10.8 Å². The van der Waals surface area contributed by atoms with Crippen molar-refractivity contribution in [2.75, 3.05) is 6.61 Å². The summed E-state index contributed by atoms with van der Waals surface area (Å²) in [5, 5.41) is 2.45. The van der Waals surface area contributed by atoms with E-state index in [1.165, 1.54) is 30.0 Å². The maximum atomic E-state index is 5.93. The minimum atomic E-state index is 0.811. The Labute approximate surface area is 122 Å². The van der Waals surface area contributed by atoms with Crippen molar-refractivity contribution in [3.8, 4) is 5.75 Å². The smallest absolute Gasteiger partial charge is 0.127 e. The molecule has 0 aliphatic carbocycles. The van der Waals surface area contributed by atoms with E-state index in [1.807, 2.05) is 0 Å². The number of benzene rings is 2. The Balaban J connectivity index is 1.75. The van der Waals surface area contributed by atoms with Crippen LogP contribution in [0.1, 0.15) is 39.0 Å². The van der Waals surface area contributed by atoms with Gasteiger partial charge in [-0.2, -0.15) is 0 Å². The number of rotatable bonds is 8. The van der Waals surface area contributed by atoms with Crippen LogP contribution >= 0.6 is 0 Å². The first-order chi connectivity index (χ1) is 9.92. The Hall–Kier alpha value is -1.76. The summed E-state index contributed by atoms with van der Waals surface area (Å²) in [5.41, 5.74) is 0. The Morgan fingerprint density at radius 2 is 1.75 bits per heavy atom. The van der Waals surface area contributed by atoms with Crippen LogP contribution in [0, 0.1) is 0 Å². The predicted octanol–water partition coefficient (Wildman–Crippen LogP) is 5.75. The lowest BCUT2D eigenvalue weighted by molar-refractivity contribution is 0.309. The van der Waals surface area contributed by atoms with Gasteiger partial charge in [-0.3, -0.25) is 0 Å². The zero-order valence-corrected chi connectivity index (χ0v) is 12.3. The zero-order chi connectivity index (χ0) is 14.0. The number of unbranched alkanes of at least 4 members (excludes halogenated alkanes) is 3. The third-order valence-corrected chi connectivity index (χ3v) is 3.42. The molecule has 0 aliphatic heterocycles. The fraction of sp³-hybridized carbons (Fsp3) is 0.368. The largest absolute Gasteiger partial charge is 0.493 e. The van der Waals surface area contributed by atoms with Crippen molar-refractivity contribution in [3.05, 3.63) is 54.6 Å². The zero-order valence-electron chi connectivity index (χ0n) is 12.3. The Morgan fingerprint density at radius 1 is 0.900 bits per heavy atom. The predicted molar refractivity (Wildman–Crippen MR) is 87.3 cm³/mol. The van der Waals surface area contributed by atoms with E-state index < -0.39 is 0 Å². The Morgan fingerprint density at radius 3 is 2.65 bits per heavy atom. The van der Waals surface area contributed by atoms with E-state index in [1.54, 1.807) is 0 Å². The number of allylic oxidation sites excluding steroid dienone is 2. The quantitative estimate of drug-likeness (QED) is 0.438. The van der Waals surface area contributed by atoms with Gasteiger partial charge in [-0.1, -0.05) is 55.5 Å². The van der Waals surface area contributed by atoms with Crippen LogP contribution in [0.3, 0.4) is 0 Å². The van der Waals surface area contributed by atoms with E-state index in [4.69, 9.17) is 4.74 Å². The molecule has 1 heteroatoms. The first kappa shape index (κ1) is 14.6. The molecule has 0 radical (unpaired) electrons. The molecule has 2 aromatic carbocycles. The molecule has 0 saturated carbocycles. The molecule has 20 heavy (non-hydrogen) atoms. The monoisotopic (exact) mass is 268 g/mol. The maximum Gasteiger partial charge on any atom is 0.127 e. The van der Waals surface area contributed by atoms with Gasteiger partial charge in [0.1, 0.15) is 5.75 Å². The highest BCUT2D eigenvalue weighted by atomic mass is 16.5. The molecule has 2 aromatic rings. The molecular formula is C19H24O. The van der Waals surface area contributed by atoms with Crippen molar-refractivity contribution < 1.29 is 4.74 Å². The van der Waals surface area contributed by atoms with Gasteiger partial charge in [0, 0.05) is 5.39 Å². The molecule has 0 fully saturated rings. The summed E-state index contributed by atoms with van der Waals surface area (Å²) in [6.07, 6.45) is 10.5. The Bertz CT molecular complexity index is 537. The van der Waals surface area contributed by atoms with Gasteiger partial charge in [-0.25, -0.2) is 0 Å². The molecule has 0 atom stereocenters. The maximum absolute atomic E-state index is 5.93. The van der Waals surface area contributed by atoms with Crippen molar-refractivity contribution in [2.45, 2.75) is 39.0 Å². The normalized spacial score (nSPS) is 11.2. The van der Waals surface area contributed by atoms with Crippen LogP contribution in [-0.4, -0.2) is 6.61 Å². The second kappa shape index (κ2) is 8.42. The lowest BCUT2D eigenvalue weighted by atomic mass is 10.1. The molecule has 0 amide bonds. The van der Waals surface area contributed by atoms with Crippen LogP contribution < -0.4 is 4.74 Å². The van der Waals surface area contributed by atoms with Crippen molar-refractivity contribution in [3.63, 3.8) is 0 Å². The van der Waals surface area contributed by atoms with E-state index in [9.17, 15) is 0 Å². The highest BCUT2D eigenvalue weighted by molar-refractivity contribution is 5.88. The van der Waals surface area contributed by atoms with Crippen LogP contribution in [0.15, 0.2) is 54.6 Å². The second-order valence-electron chi connectivity index (χ2n) is 5.05. The first-order valence-electron chi connectivity index (χ1n) is 7.67. The lowest BCUT2D eigenvalue weighted by Crippen LogP contribution is -1.97. The standard InChI is InChI=1S/C19H24O/c1-2-3-4-5-6-7-10-16-20-19-15-11-13-17-12-8-9-14-18(17)19/h3-4,8-9,11-15H,2,5-7,10,16H2,1H3. The molecule has 0 unspecified atom stereocenters.